The molecule has 1 unspecified atom stereocenters. The van der Waals surface area contributed by atoms with Crippen LogP contribution in [0.25, 0.3) is 22.2 Å². The van der Waals surface area contributed by atoms with Crippen molar-refractivity contribution in [1.29, 1.82) is 0 Å². The number of aliphatic hydroxyl groups excluding tert-OH is 1. The van der Waals surface area contributed by atoms with Gasteiger partial charge in [-0.1, -0.05) is 35.9 Å². The molecule has 1 amide bonds. The molecule has 0 saturated carbocycles. The molecule has 31 heavy (non-hydrogen) atoms. The third-order valence-electron chi connectivity index (χ3n) is 5.19. The summed E-state index contributed by atoms with van der Waals surface area (Å²) < 4.78 is 1.92. The maximum Gasteiger partial charge on any atom is 0.257 e. The third-order valence-corrected chi connectivity index (χ3v) is 5.53. The van der Waals surface area contributed by atoms with E-state index in [9.17, 15) is 9.90 Å². The average molecular weight is 436 g/mol. The number of nitrogen functional groups attached to an aromatic ring is 1. The van der Waals surface area contributed by atoms with Crippen molar-refractivity contribution >= 4 is 40.0 Å². The van der Waals surface area contributed by atoms with Crippen LogP contribution in [0.4, 0.5) is 11.5 Å². The highest BCUT2D eigenvalue weighted by Gasteiger charge is 2.21. The molecule has 7 nitrogen and oxygen atoms in total. The van der Waals surface area contributed by atoms with Crippen molar-refractivity contribution in [2.24, 2.45) is 7.05 Å². The molecule has 8 heteroatoms. The van der Waals surface area contributed by atoms with Gasteiger partial charge in [0.1, 0.15) is 17.3 Å². The molecule has 2 heterocycles. The summed E-state index contributed by atoms with van der Waals surface area (Å²) in [6, 6.07) is 12.2. The molecule has 4 rings (SSSR count). The van der Waals surface area contributed by atoms with Crippen LogP contribution in [-0.4, -0.2) is 25.5 Å². The Kier molecular flexibility index (Phi) is 5.39. The van der Waals surface area contributed by atoms with Gasteiger partial charge in [-0.25, -0.2) is 9.97 Å². The first kappa shape index (κ1) is 20.8. The molecule has 0 saturated heterocycles. The number of hydrogen-bond donors (Lipinski definition) is 3. The number of aryl methyl sites for hydroxylation is 3. The van der Waals surface area contributed by atoms with Crippen molar-refractivity contribution in [1.82, 2.24) is 14.5 Å². The number of rotatable bonds is 4. The molecule has 2 aromatic heterocycles. The number of aliphatic hydroxyl groups is 1. The number of carbonyl (C=O) groups is 1. The number of halogens is 1. The first-order valence-corrected chi connectivity index (χ1v) is 10.1. The predicted molar refractivity (Wildman–Crippen MR) is 123 cm³/mol. The molecule has 4 N–H and O–H groups in total. The Balaban J connectivity index is 1.65. The summed E-state index contributed by atoms with van der Waals surface area (Å²) in [7, 11) is 1.91. The van der Waals surface area contributed by atoms with Crippen LogP contribution in [0, 0.1) is 13.8 Å². The second-order valence-electron chi connectivity index (χ2n) is 7.45. The lowest BCUT2D eigenvalue weighted by molar-refractivity contribution is -0.124. The third kappa shape index (κ3) is 3.85. The number of nitrogens with one attached hydrogen (secondary N) is 1. The number of fused-ring (bicyclic) bond motifs is 1. The van der Waals surface area contributed by atoms with E-state index in [2.05, 4.69) is 15.3 Å². The molecule has 0 aliphatic carbocycles. The largest absolute Gasteiger partial charge is 0.383 e. The highest BCUT2D eigenvalue weighted by atomic mass is 35.5. The van der Waals surface area contributed by atoms with Crippen LogP contribution in [0.2, 0.25) is 5.02 Å². The van der Waals surface area contributed by atoms with Crippen LogP contribution >= 0.6 is 11.6 Å². The van der Waals surface area contributed by atoms with E-state index in [0.717, 1.165) is 27.7 Å². The fraction of sp³-hybridized carbons (Fsp3) is 0.174. The van der Waals surface area contributed by atoms with Crippen LogP contribution in [0.5, 0.6) is 0 Å². The van der Waals surface area contributed by atoms with Gasteiger partial charge in [0.05, 0.1) is 5.39 Å². The number of hydrogen-bond acceptors (Lipinski definition) is 5. The summed E-state index contributed by atoms with van der Waals surface area (Å²) in [6.45, 7) is 3.75. The Morgan fingerprint density at radius 1 is 1.16 bits per heavy atom. The summed E-state index contributed by atoms with van der Waals surface area (Å²) in [5.41, 5.74) is 10.7. The zero-order valence-corrected chi connectivity index (χ0v) is 18.1. The minimum atomic E-state index is -1.37. The number of amides is 1. The van der Waals surface area contributed by atoms with Crippen LogP contribution in [0.15, 0.2) is 48.7 Å². The fourth-order valence-corrected chi connectivity index (χ4v) is 3.95. The number of aromatic nitrogens is 3. The predicted octanol–water partition coefficient (Wildman–Crippen LogP) is 4.16. The summed E-state index contributed by atoms with van der Waals surface area (Å²) >= 11 is 6.09. The van der Waals surface area contributed by atoms with E-state index in [0.29, 0.717) is 27.9 Å². The second-order valence-corrected chi connectivity index (χ2v) is 7.86. The SMILES string of the molecule is Cc1nc(N)c2c(-c3ccc(NC(=O)C(O)c4ccccc4Cl)cc3C)cn(C)c2n1. The number of benzene rings is 2. The Morgan fingerprint density at radius 3 is 2.61 bits per heavy atom. The van der Waals surface area contributed by atoms with Crippen molar-refractivity contribution in [3.8, 4) is 11.1 Å². The first-order valence-electron chi connectivity index (χ1n) is 9.69. The van der Waals surface area contributed by atoms with E-state index >= 15 is 0 Å². The Morgan fingerprint density at radius 2 is 1.90 bits per heavy atom. The highest BCUT2D eigenvalue weighted by molar-refractivity contribution is 6.31. The lowest BCUT2D eigenvalue weighted by atomic mass is 10.00. The van der Waals surface area contributed by atoms with Crippen LogP contribution < -0.4 is 11.1 Å². The maximum absolute atomic E-state index is 12.5. The molecule has 0 radical (unpaired) electrons. The van der Waals surface area contributed by atoms with E-state index in [4.69, 9.17) is 17.3 Å². The molecular weight excluding hydrogens is 414 g/mol. The van der Waals surface area contributed by atoms with Crippen LogP contribution in [0.3, 0.4) is 0 Å². The zero-order chi connectivity index (χ0) is 22.3. The van der Waals surface area contributed by atoms with Gasteiger partial charge < -0.3 is 20.7 Å². The van der Waals surface area contributed by atoms with E-state index in [-0.39, 0.29) is 0 Å². The van der Waals surface area contributed by atoms with Crippen molar-refractivity contribution < 1.29 is 9.90 Å². The van der Waals surface area contributed by atoms with Gasteiger partial charge >= 0.3 is 0 Å². The average Bonchev–Trinajstić information content (AvgIpc) is 3.04. The van der Waals surface area contributed by atoms with Gasteiger partial charge in [-0.3, -0.25) is 4.79 Å². The Labute approximate surface area is 184 Å². The number of carbonyl (C=O) groups excluding carboxylic acids is 1. The number of nitrogens with zero attached hydrogens (tertiary/aromatic N) is 3. The zero-order valence-electron chi connectivity index (χ0n) is 17.3. The molecule has 0 spiro atoms. The molecule has 0 bridgehead atoms. The minimum absolute atomic E-state index is 0.336. The maximum atomic E-state index is 12.5. The quantitative estimate of drug-likeness (QED) is 0.446. The molecule has 2 aromatic carbocycles. The van der Waals surface area contributed by atoms with Gasteiger partial charge in [-0.15, -0.1) is 0 Å². The summed E-state index contributed by atoms with van der Waals surface area (Å²) in [4.78, 5) is 21.3. The van der Waals surface area contributed by atoms with Crippen molar-refractivity contribution in [3.05, 3.63) is 70.6 Å². The minimum Gasteiger partial charge on any atom is -0.383 e. The van der Waals surface area contributed by atoms with E-state index in [1.54, 1.807) is 30.3 Å². The Hall–Kier alpha value is -3.42. The lowest BCUT2D eigenvalue weighted by Gasteiger charge is -2.14. The fourth-order valence-electron chi connectivity index (χ4n) is 3.71. The molecule has 0 aliphatic heterocycles. The van der Waals surface area contributed by atoms with Gasteiger partial charge in [0.15, 0.2) is 6.10 Å². The van der Waals surface area contributed by atoms with E-state index in [1.165, 1.54) is 0 Å². The number of anilines is 2. The van der Waals surface area contributed by atoms with Gasteiger partial charge in [-0.2, -0.15) is 0 Å². The topological polar surface area (TPSA) is 106 Å². The Bertz CT molecular complexity index is 1320. The van der Waals surface area contributed by atoms with E-state index in [1.807, 2.05) is 43.8 Å². The molecule has 4 aromatic rings. The highest BCUT2D eigenvalue weighted by Crippen LogP contribution is 2.35. The standard InChI is InChI=1S/C23H22ClN5O2/c1-12-10-14(28-23(31)20(30)16-6-4-5-7-18(16)24)8-9-15(12)17-11-29(3)22-19(17)21(25)26-13(2)27-22/h4-11,20,30H,1-3H3,(H,28,31)(H2,25,26,27). The molecular formula is C23H22ClN5O2. The van der Waals surface area contributed by atoms with Crippen molar-refractivity contribution in [2.75, 3.05) is 11.1 Å². The summed E-state index contributed by atoms with van der Waals surface area (Å²) in [5, 5.41) is 14.3. The van der Waals surface area contributed by atoms with Crippen molar-refractivity contribution in [3.63, 3.8) is 0 Å². The summed E-state index contributed by atoms with van der Waals surface area (Å²) in [5.74, 6) is 0.487. The van der Waals surface area contributed by atoms with Gasteiger partial charge in [0.25, 0.3) is 5.91 Å². The molecule has 0 fully saturated rings. The van der Waals surface area contributed by atoms with E-state index < -0.39 is 12.0 Å². The van der Waals surface area contributed by atoms with Crippen molar-refractivity contribution in [2.45, 2.75) is 20.0 Å². The molecule has 0 aliphatic rings. The van der Waals surface area contributed by atoms with Gasteiger partial charge in [0.2, 0.25) is 0 Å². The normalized spacial score (nSPS) is 12.2. The first-order chi connectivity index (χ1) is 14.8. The van der Waals surface area contributed by atoms with Gasteiger partial charge in [-0.05, 0) is 43.2 Å². The van der Waals surface area contributed by atoms with Gasteiger partial charge in [0, 0.05) is 35.1 Å². The molecule has 158 valence electrons. The summed E-state index contributed by atoms with van der Waals surface area (Å²) in [6.07, 6.45) is 0.601. The van der Waals surface area contributed by atoms with Crippen LogP contribution in [0.1, 0.15) is 23.1 Å². The smallest absolute Gasteiger partial charge is 0.257 e. The lowest BCUT2D eigenvalue weighted by Crippen LogP contribution is -2.21. The second kappa shape index (κ2) is 8.02. The van der Waals surface area contributed by atoms with Crippen LogP contribution in [-0.2, 0) is 11.8 Å². The number of nitrogens with two attached hydrogens (primary N) is 1. The monoisotopic (exact) mass is 435 g/mol. The molecule has 1 atom stereocenters.